The normalized spacial score (nSPS) is 12.6. The van der Waals surface area contributed by atoms with Crippen molar-refractivity contribution in [3.05, 3.63) is 277 Å². The molecule has 0 unspecified atom stereocenters. The summed E-state index contributed by atoms with van der Waals surface area (Å²) in [6, 6.07) is 93.3. The summed E-state index contributed by atoms with van der Waals surface area (Å²) in [6.45, 7) is 0. The zero-order chi connectivity index (χ0) is 41.7. The molecule has 0 saturated heterocycles. The van der Waals surface area contributed by atoms with Crippen LogP contribution >= 0.6 is 0 Å². The largest absolute Gasteiger partial charge is 0.310 e. The van der Waals surface area contributed by atoms with Crippen LogP contribution in [0.1, 0.15) is 22.3 Å². The van der Waals surface area contributed by atoms with Crippen molar-refractivity contribution in [2.75, 3.05) is 4.90 Å². The minimum Gasteiger partial charge on any atom is -0.310 e. The van der Waals surface area contributed by atoms with Gasteiger partial charge in [0.25, 0.3) is 0 Å². The third kappa shape index (κ3) is 5.87. The molecule has 1 heterocycles. The minimum absolute atomic E-state index is 0.496. The van der Waals surface area contributed by atoms with Gasteiger partial charge in [-0.15, -0.1) is 0 Å². The van der Waals surface area contributed by atoms with Gasteiger partial charge in [0.1, 0.15) is 0 Å². The molecule has 0 bridgehead atoms. The van der Waals surface area contributed by atoms with Crippen molar-refractivity contribution in [3.8, 4) is 39.1 Å². The van der Waals surface area contributed by atoms with Gasteiger partial charge in [-0.05, 0) is 111 Å². The van der Waals surface area contributed by atoms with Crippen LogP contribution in [0.3, 0.4) is 0 Å². The zero-order valence-corrected chi connectivity index (χ0v) is 34.6. The fourth-order valence-electron chi connectivity index (χ4n) is 10.4. The molecule has 2 heteroatoms. The fourth-order valence-corrected chi connectivity index (χ4v) is 10.4. The number of nitrogens with zero attached hydrogens (tertiary/aromatic N) is 2. The molecular formula is C61H42N2. The summed E-state index contributed by atoms with van der Waals surface area (Å²) in [6.07, 6.45) is 0. The first-order valence-corrected chi connectivity index (χ1v) is 21.8. The maximum Gasteiger partial charge on any atom is 0.0713 e. The standard InChI is InChI=1S/C61H42N2/c1-4-19-43(20-5-1)44-35-37-49(38-36-44)62(50-39-40-60-55(42-50)54-30-13-17-34-59(54)63(60)48-25-8-3-9-26-48)58-33-16-12-27-51(58)45-21-18-24-47(41-45)61(46-22-6-2-7-23-46)56-31-14-10-28-52(56)53-29-11-15-32-57(53)61/h1-42H. The van der Waals surface area contributed by atoms with Crippen LogP contribution < -0.4 is 4.90 Å². The summed E-state index contributed by atoms with van der Waals surface area (Å²) in [5.74, 6) is 0. The Morgan fingerprint density at radius 2 is 0.841 bits per heavy atom. The van der Waals surface area contributed by atoms with E-state index >= 15 is 0 Å². The second-order valence-corrected chi connectivity index (χ2v) is 16.4. The minimum atomic E-state index is -0.496. The van der Waals surface area contributed by atoms with Gasteiger partial charge in [0, 0.05) is 33.4 Å². The molecule has 0 aliphatic heterocycles. The quantitative estimate of drug-likeness (QED) is 0.149. The Balaban J connectivity index is 1.07. The molecular weight excluding hydrogens is 761 g/mol. The molecule has 0 fully saturated rings. The second-order valence-electron chi connectivity index (χ2n) is 16.4. The molecule has 0 amide bonds. The number of aromatic nitrogens is 1. The first-order valence-electron chi connectivity index (χ1n) is 21.8. The molecule has 0 saturated carbocycles. The molecule has 63 heavy (non-hydrogen) atoms. The highest BCUT2D eigenvalue weighted by atomic mass is 15.1. The Labute approximate surface area is 368 Å². The predicted molar refractivity (Wildman–Crippen MR) is 264 cm³/mol. The maximum atomic E-state index is 2.44. The predicted octanol–water partition coefficient (Wildman–Crippen LogP) is 16.0. The van der Waals surface area contributed by atoms with Gasteiger partial charge in [-0.25, -0.2) is 0 Å². The van der Waals surface area contributed by atoms with Crippen molar-refractivity contribution in [2.24, 2.45) is 0 Å². The first-order chi connectivity index (χ1) is 31.3. The molecule has 0 atom stereocenters. The van der Waals surface area contributed by atoms with E-state index in [1.165, 1.54) is 66.3 Å². The van der Waals surface area contributed by atoms with E-state index < -0.39 is 5.41 Å². The van der Waals surface area contributed by atoms with Gasteiger partial charge < -0.3 is 9.47 Å². The van der Waals surface area contributed by atoms with Gasteiger partial charge in [0.2, 0.25) is 0 Å². The van der Waals surface area contributed by atoms with E-state index in [1.807, 2.05) is 0 Å². The zero-order valence-electron chi connectivity index (χ0n) is 34.6. The maximum absolute atomic E-state index is 2.44. The van der Waals surface area contributed by atoms with Crippen LogP contribution in [0.25, 0.3) is 60.9 Å². The molecule has 12 rings (SSSR count). The van der Waals surface area contributed by atoms with Gasteiger partial charge >= 0.3 is 0 Å². The van der Waals surface area contributed by atoms with Crippen LogP contribution in [0, 0.1) is 0 Å². The first kappa shape index (κ1) is 36.6. The SMILES string of the molecule is c1ccc(-c2ccc(N(c3ccc4c(c3)c3ccccc3n4-c3ccccc3)c3ccccc3-c3cccc(C4(c5ccccc5)c5ccccc5-c5ccccc54)c3)cc2)cc1. The average molecular weight is 803 g/mol. The molecule has 0 N–H and O–H groups in total. The fraction of sp³-hybridized carbons (Fsp3) is 0.0164. The van der Waals surface area contributed by atoms with E-state index in [4.69, 9.17) is 0 Å². The van der Waals surface area contributed by atoms with Crippen molar-refractivity contribution >= 4 is 38.9 Å². The molecule has 296 valence electrons. The Kier molecular flexibility index (Phi) is 8.76. The number of hydrogen-bond acceptors (Lipinski definition) is 1. The molecule has 1 aliphatic carbocycles. The molecule has 2 nitrogen and oxygen atoms in total. The van der Waals surface area contributed by atoms with E-state index in [1.54, 1.807) is 0 Å². The summed E-state index contributed by atoms with van der Waals surface area (Å²) in [5, 5.41) is 2.43. The van der Waals surface area contributed by atoms with Gasteiger partial charge in [-0.3, -0.25) is 0 Å². The lowest BCUT2D eigenvalue weighted by atomic mass is 9.67. The summed E-state index contributed by atoms with van der Waals surface area (Å²) >= 11 is 0. The highest BCUT2D eigenvalue weighted by Gasteiger charge is 2.46. The van der Waals surface area contributed by atoms with E-state index in [2.05, 4.69) is 264 Å². The average Bonchev–Trinajstić information content (AvgIpc) is 3.86. The van der Waals surface area contributed by atoms with Crippen molar-refractivity contribution < 1.29 is 0 Å². The summed E-state index contributed by atoms with van der Waals surface area (Å²) in [4.78, 5) is 2.44. The van der Waals surface area contributed by atoms with Gasteiger partial charge in [0.15, 0.2) is 0 Å². The van der Waals surface area contributed by atoms with E-state index in [0.29, 0.717) is 0 Å². The summed E-state index contributed by atoms with van der Waals surface area (Å²) in [5.41, 5.74) is 18.7. The Bertz CT molecular complexity index is 3390. The monoisotopic (exact) mass is 802 g/mol. The number of benzene rings is 10. The Morgan fingerprint density at radius 3 is 1.57 bits per heavy atom. The van der Waals surface area contributed by atoms with Crippen LogP contribution in [-0.2, 0) is 5.41 Å². The number of anilines is 3. The van der Waals surface area contributed by atoms with Crippen molar-refractivity contribution in [3.63, 3.8) is 0 Å². The lowest BCUT2D eigenvalue weighted by Crippen LogP contribution is -2.28. The number of para-hydroxylation sites is 3. The number of hydrogen-bond donors (Lipinski definition) is 0. The molecule has 1 aromatic heterocycles. The van der Waals surface area contributed by atoms with E-state index in [9.17, 15) is 0 Å². The lowest BCUT2D eigenvalue weighted by molar-refractivity contribution is 0.769. The van der Waals surface area contributed by atoms with Crippen LogP contribution in [-0.4, -0.2) is 4.57 Å². The van der Waals surface area contributed by atoms with Crippen LogP contribution in [0.2, 0.25) is 0 Å². The van der Waals surface area contributed by atoms with Crippen molar-refractivity contribution in [2.45, 2.75) is 5.41 Å². The van der Waals surface area contributed by atoms with Gasteiger partial charge in [-0.2, -0.15) is 0 Å². The third-order valence-corrected chi connectivity index (χ3v) is 13.1. The molecule has 10 aromatic carbocycles. The lowest BCUT2D eigenvalue weighted by Gasteiger charge is -2.34. The molecule has 0 spiro atoms. The third-order valence-electron chi connectivity index (χ3n) is 13.1. The molecule has 11 aromatic rings. The summed E-state index contributed by atoms with van der Waals surface area (Å²) in [7, 11) is 0. The smallest absolute Gasteiger partial charge is 0.0713 e. The van der Waals surface area contributed by atoms with Crippen molar-refractivity contribution in [1.29, 1.82) is 0 Å². The topological polar surface area (TPSA) is 8.17 Å². The van der Waals surface area contributed by atoms with E-state index in [-0.39, 0.29) is 0 Å². The van der Waals surface area contributed by atoms with Gasteiger partial charge in [0.05, 0.1) is 22.1 Å². The Hall–Kier alpha value is -8.20. The van der Waals surface area contributed by atoms with Crippen molar-refractivity contribution in [1.82, 2.24) is 4.57 Å². The number of rotatable bonds is 8. The second kappa shape index (κ2) is 15.1. The summed E-state index contributed by atoms with van der Waals surface area (Å²) < 4.78 is 2.38. The molecule has 0 radical (unpaired) electrons. The highest BCUT2D eigenvalue weighted by Crippen LogP contribution is 2.56. The van der Waals surface area contributed by atoms with E-state index in [0.717, 1.165) is 33.9 Å². The van der Waals surface area contributed by atoms with Gasteiger partial charge in [-0.1, -0.05) is 194 Å². The highest BCUT2D eigenvalue weighted by molar-refractivity contribution is 6.11. The Morgan fingerprint density at radius 1 is 0.317 bits per heavy atom. The van der Waals surface area contributed by atoms with Crippen LogP contribution in [0.4, 0.5) is 17.1 Å². The number of fused-ring (bicyclic) bond motifs is 6. The molecule has 1 aliphatic rings. The van der Waals surface area contributed by atoms with Crippen LogP contribution in [0.5, 0.6) is 0 Å². The van der Waals surface area contributed by atoms with Crippen LogP contribution in [0.15, 0.2) is 255 Å².